The standard InChI is InChI=1S/C7H8.C6H14.C3H6O.C2H3Cl3.C2H4Cl2/c1-7-5-3-2-4-6-7;1-3-5-6-4-2;1-3(2)4;1-2(3,4)5;3-1-2-4/h2-6H,1H3;3-6H2,1-2H3;1-2H3;1H3;1-2H2. The Hall–Kier alpha value is 0.340. The van der Waals surface area contributed by atoms with Crippen molar-refractivity contribution in [3.05, 3.63) is 35.9 Å². The molecule has 1 rings (SSSR count). The number of hydrogen-bond acceptors (Lipinski definition) is 1. The highest BCUT2D eigenvalue weighted by molar-refractivity contribution is 6.67. The SMILES string of the molecule is CC(C)=O.CC(Cl)(Cl)Cl.CCCCCC.Cc1ccccc1.ClCCCl. The molecule has 0 amide bonds. The summed E-state index contributed by atoms with van der Waals surface area (Å²) in [6.45, 7) is 11.1. The Morgan fingerprint density at radius 2 is 1.15 bits per heavy atom. The Bertz CT molecular complexity index is 348. The maximum atomic E-state index is 9.44. The van der Waals surface area contributed by atoms with Crippen LogP contribution in [-0.2, 0) is 4.79 Å². The quantitative estimate of drug-likeness (QED) is 0.318. The van der Waals surface area contributed by atoms with Gasteiger partial charge in [0, 0.05) is 11.8 Å². The van der Waals surface area contributed by atoms with Crippen LogP contribution in [0, 0.1) is 6.92 Å². The molecule has 156 valence electrons. The van der Waals surface area contributed by atoms with Gasteiger partial charge >= 0.3 is 0 Å². The van der Waals surface area contributed by atoms with Crippen molar-refractivity contribution in [3.8, 4) is 0 Å². The number of carbonyl (C=O) groups is 1. The number of carbonyl (C=O) groups excluding carboxylic acids is 1. The highest BCUT2D eigenvalue weighted by Crippen LogP contribution is 2.23. The van der Waals surface area contributed by atoms with Gasteiger partial charge in [0.1, 0.15) is 5.78 Å². The molecule has 0 radical (unpaired) electrons. The lowest BCUT2D eigenvalue weighted by Crippen LogP contribution is -1.87. The number of hydrogen-bond donors (Lipinski definition) is 0. The number of Topliss-reactive ketones (excluding diaryl/α,β-unsaturated/α-hetero) is 1. The number of aryl methyl sites for hydroxylation is 1. The van der Waals surface area contributed by atoms with E-state index in [9.17, 15) is 4.79 Å². The molecule has 0 aromatic heterocycles. The van der Waals surface area contributed by atoms with Gasteiger partial charge in [0.2, 0.25) is 0 Å². The van der Waals surface area contributed by atoms with Crippen molar-refractivity contribution in [1.29, 1.82) is 0 Å². The Balaban J connectivity index is -0.000000119. The first kappa shape index (κ1) is 33.9. The van der Waals surface area contributed by atoms with E-state index in [-0.39, 0.29) is 5.78 Å². The summed E-state index contributed by atoms with van der Waals surface area (Å²) >= 11 is 25.3. The number of halogens is 5. The van der Waals surface area contributed by atoms with Gasteiger partial charge in [0.05, 0.1) is 0 Å². The molecule has 0 bridgehead atoms. The molecule has 0 saturated heterocycles. The number of unbranched alkanes of at least 4 members (excludes halogenated alkanes) is 3. The van der Waals surface area contributed by atoms with Gasteiger partial charge in [-0.2, -0.15) is 0 Å². The summed E-state index contributed by atoms with van der Waals surface area (Å²) in [6, 6.07) is 10.3. The fourth-order valence-corrected chi connectivity index (χ4v) is 1.03. The maximum Gasteiger partial charge on any atom is 0.187 e. The van der Waals surface area contributed by atoms with Crippen LogP contribution in [-0.4, -0.2) is 21.3 Å². The van der Waals surface area contributed by atoms with Crippen molar-refractivity contribution >= 4 is 63.8 Å². The molecule has 0 spiro atoms. The minimum atomic E-state index is -1.08. The maximum absolute atomic E-state index is 9.44. The molecule has 26 heavy (non-hydrogen) atoms. The van der Waals surface area contributed by atoms with Gasteiger partial charge in [-0.05, 0) is 27.7 Å². The largest absolute Gasteiger partial charge is 0.300 e. The molecule has 1 aromatic carbocycles. The molecule has 0 aliphatic rings. The molecule has 0 heterocycles. The first-order valence-electron chi connectivity index (χ1n) is 8.63. The van der Waals surface area contributed by atoms with Gasteiger partial charge in [-0.3, -0.25) is 0 Å². The molecule has 0 atom stereocenters. The van der Waals surface area contributed by atoms with E-state index in [2.05, 4.69) is 32.9 Å². The van der Waals surface area contributed by atoms with E-state index in [1.54, 1.807) is 0 Å². The summed E-state index contributed by atoms with van der Waals surface area (Å²) in [6.07, 6.45) is 5.54. The Morgan fingerprint density at radius 3 is 1.27 bits per heavy atom. The van der Waals surface area contributed by atoms with E-state index in [1.807, 2.05) is 18.2 Å². The Labute approximate surface area is 186 Å². The van der Waals surface area contributed by atoms with Crippen LogP contribution < -0.4 is 0 Å². The third-order valence-corrected chi connectivity index (χ3v) is 2.54. The van der Waals surface area contributed by atoms with E-state index in [4.69, 9.17) is 58.0 Å². The predicted molar refractivity (Wildman–Crippen MR) is 125 cm³/mol. The monoisotopic (exact) mass is 466 g/mol. The Kier molecular flexibility index (Phi) is 35.9. The smallest absolute Gasteiger partial charge is 0.187 e. The summed E-state index contributed by atoms with van der Waals surface area (Å²) < 4.78 is -1.08. The van der Waals surface area contributed by atoms with Crippen molar-refractivity contribution in [3.63, 3.8) is 0 Å². The molecule has 0 aliphatic heterocycles. The zero-order chi connectivity index (χ0) is 21.4. The highest BCUT2D eigenvalue weighted by atomic mass is 35.6. The summed E-state index contributed by atoms with van der Waals surface area (Å²) in [5, 5.41) is 0. The van der Waals surface area contributed by atoms with E-state index < -0.39 is 3.79 Å². The van der Waals surface area contributed by atoms with E-state index >= 15 is 0 Å². The lowest BCUT2D eigenvalue weighted by molar-refractivity contribution is -0.114. The van der Waals surface area contributed by atoms with Crippen molar-refractivity contribution in [2.45, 2.75) is 71.0 Å². The lowest BCUT2D eigenvalue weighted by Gasteiger charge is -1.94. The zero-order valence-electron chi connectivity index (χ0n) is 16.9. The van der Waals surface area contributed by atoms with Crippen molar-refractivity contribution in [2.75, 3.05) is 11.8 Å². The second kappa shape index (κ2) is 27.6. The fraction of sp³-hybridized carbons (Fsp3) is 0.650. The average molecular weight is 469 g/mol. The van der Waals surface area contributed by atoms with Crippen LogP contribution in [0.25, 0.3) is 0 Å². The summed E-state index contributed by atoms with van der Waals surface area (Å²) in [7, 11) is 0. The second-order valence-corrected chi connectivity index (χ2v) is 9.03. The first-order valence-corrected chi connectivity index (χ1v) is 10.8. The molecule has 1 nitrogen and oxygen atoms in total. The molecule has 0 N–H and O–H groups in total. The van der Waals surface area contributed by atoms with Crippen molar-refractivity contribution in [2.24, 2.45) is 0 Å². The van der Waals surface area contributed by atoms with Crippen LogP contribution in [0.4, 0.5) is 0 Å². The summed E-state index contributed by atoms with van der Waals surface area (Å²) in [4.78, 5) is 9.44. The van der Waals surface area contributed by atoms with Crippen LogP contribution in [0.1, 0.15) is 65.9 Å². The van der Waals surface area contributed by atoms with Gasteiger partial charge < -0.3 is 4.79 Å². The average Bonchev–Trinajstić information content (AvgIpc) is 2.52. The van der Waals surface area contributed by atoms with Crippen LogP contribution in [0.2, 0.25) is 0 Å². The van der Waals surface area contributed by atoms with E-state index in [0.29, 0.717) is 11.8 Å². The molecule has 0 unspecified atom stereocenters. The second-order valence-electron chi connectivity index (χ2n) is 5.43. The van der Waals surface area contributed by atoms with Crippen molar-refractivity contribution in [1.82, 2.24) is 0 Å². The highest BCUT2D eigenvalue weighted by Gasteiger charge is 2.07. The number of ketones is 1. The van der Waals surface area contributed by atoms with Crippen LogP contribution in [0.5, 0.6) is 0 Å². The Morgan fingerprint density at radius 1 is 0.885 bits per heavy atom. The van der Waals surface area contributed by atoms with Gasteiger partial charge in [-0.15, -0.1) is 23.2 Å². The molecule has 0 fully saturated rings. The topological polar surface area (TPSA) is 17.1 Å². The predicted octanol–water partition coefficient (Wildman–Crippen LogP) is 9.02. The molecular weight excluding hydrogens is 433 g/mol. The molecule has 6 heteroatoms. The molecule has 0 saturated carbocycles. The lowest BCUT2D eigenvalue weighted by atomic mass is 10.2. The third-order valence-electron chi connectivity index (χ3n) is 1.97. The summed E-state index contributed by atoms with van der Waals surface area (Å²) in [5.41, 5.74) is 1.32. The first-order chi connectivity index (χ1) is 12.0. The van der Waals surface area contributed by atoms with E-state index in [0.717, 1.165) is 0 Å². The fourth-order valence-electron chi connectivity index (χ4n) is 1.03. The molecular formula is C20H35Cl5O. The summed E-state index contributed by atoms with van der Waals surface area (Å²) in [5.74, 6) is 1.28. The minimum absolute atomic E-state index is 0.167. The van der Waals surface area contributed by atoms with Gasteiger partial charge in [0.25, 0.3) is 0 Å². The van der Waals surface area contributed by atoms with Gasteiger partial charge in [-0.25, -0.2) is 0 Å². The van der Waals surface area contributed by atoms with Gasteiger partial charge in [0.15, 0.2) is 3.79 Å². The molecule has 0 aliphatic carbocycles. The number of benzene rings is 1. The van der Waals surface area contributed by atoms with Crippen LogP contribution in [0.3, 0.4) is 0 Å². The van der Waals surface area contributed by atoms with Crippen molar-refractivity contribution < 1.29 is 4.79 Å². The molecule has 1 aromatic rings. The van der Waals surface area contributed by atoms with E-state index in [1.165, 1.54) is 52.0 Å². The normalized spacial score (nSPS) is 8.88. The number of alkyl halides is 5. The van der Waals surface area contributed by atoms with Gasteiger partial charge in [-0.1, -0.05) is 110 Å². The minimum Gasteiger partial charge on any atom is -0.300 e. The van der Waals surface area contributed by atoms with Crippen LogP contribution in [0.15, 0.2) is 30.3 Å². The number of rotatable bonds is 4. The van der Waals surface area contributed by atoms with Crippen LogP contribution >= 0.6 is 58.0 Å². The third kappa shape index (κ3) is 87.1. The zero-order valence-corrected chi connectivity index (χ0v) is 20.7.